The van der Waals surface area contributed by atoms with Crippen molar-refractivity contribution in [1.82, 2.24) is 0 Å². The number of benzene rings is 10. The van der Waals surface area contributed by atoms with Gasteiger partial charge in [0.15, 0.2) is 0 Å². The first-order chi connectivity index (χ1) is 27.7. The Kier molecular flexibility index (Phi) is 7.54. The number of hydrogen-bond donors (Lipinski definition) is 0. The summed E-state index contributed by atoms with van der Waals surface area (Å²) in [6, 6.07) is 66.5. The summed E-state index contributed by atoms with van der Waals surface area (Å²) in [5.74, 6) is 0. The van der Waals surface area contributed by atoms with Crippen LogP contribution < -0.4 is 0 Å². The van der Waals surface area contributed by atoms with Crippen molar-refractivity contribution in [3.8, 4) is 44.5 Å². The second-order valence-corrected chi connectivity index (χ2v) is 16.9. The summed E-state index contributed by atoms with van der Waals surface area (Å²) in [5, 5.41) is 12.5. The fourth-order valence-corrected chi connectivity index (χ4v) is 11.6. The molecule has 2 heteroatoms. The molecule has 0 aliphatic heterocycles. The van der Waals surface area contributed by atoms with Crippen molar-refractivity contribution in [2.75, 3.05) is 0 Å². The first-order valence-corrected chi connectivity index (χ1v) is 20.8. The zero-order valence-corrected chi connectivity index (χ0v) is 32.4. The maximum atomic E-state index is 8.01. The topological polar surface area (TPSA) is 4.36 Å². The molecule has 56 heavy (non-hydrogen) atoms. The van der Waals surface area contributed by atoms with Gasteiger partial charge < -0.3 is 6.57 Å². The molecule has 260 valence electrons. The van der Waals surface area contributed by atoms with Crippen LogP contribution in [0.4, 0.5) is 5.69 Å². The van der Waals surface area contributed by atoms with E-state index >= 15 is 0 Å². The van der Waals surface area contributed by atoms with Crippen molar-refractivity contribution in [2.24, 2.45) is 0 Å². The van der Waals surface area contributed by atoms with Crippen molar-refractivity contribution in [3.05, 3.63) is 199 Å². The second kappa shape index (κ2) is 12.9. The van der Waals surface area contributed by atoms with Crippen LogP contribution in [0.15, 0.2) is 182 Å². The molecule has 1 aromatic heterocycles. The monoisotopic (exact) mass is 775 g/mol. The third-order valence-electron chi connectivity index (χ3n) is 11.6. The fourth-order valence-electron chi connectivity index (χ4n) is 9.26. The first kappa shape index (κ1) is 32.7. The molecule has 1 heterocycles. The first-order valence-electron chi connectivity index (χ1n) is 19.1. The molecule has 0 N–H and O–H groups in total. The van der Waals surface area contributed by atoms with Gasteiger partial charge in [0.1, 0.15) is 0 Å². The van der Waals surface area contributed by atoms with Gasteiger partial charge in [-0.25, -0.2) is 0 Å². The van der Waals surface area contributed by atoms with Gasteiger partial charge in [0.25, 0.3) is 0 Å². The van der Waals surface area contributed by atoms with Crippen LogP contribution in [-0.2, 0) is 0 Å². The van der Waals surface area contributed by atoms with E-state index in [9.17, 15) is 0 Å². The fraction of sp³-hybridized carbons (Fsp3) is 0.0185. The van der Waals surface area contributed by atoms with Gasteiger partial charge >= 0.3 is 326 Å². The Balaban J connectivity index is 1.22. The number of hydrogen-bond acceptors (Lipinski definition) is 0. The zero-order valence-electron chi connectivity index (χ0n) is 30.7. The molecule has 0 atom stereocenters. The van der Waals surface area contributed by atoms with Crippen LogP contribution in [0, 0.1) is 13.5 Å². The molecule has 10 aromatic carbocycles. The average molecular weight is 775 g/mol. The van der Waals surface area contributed by atoms with E-state index in [0.717, 1.165) is 21.9 Å². The van der Waals surface area contributed by atoms with Crippen molar-refractivity contribution in [3.63, 3.8) is 0 Å². The third kappa shape index (κ3) is 4.86. The summed E-state index contributed by atoms with van der Waals surface area (Å²) in [6.45, 7) is 10.2. The molecule has 0 radical (unpaired) electrons. The van der Waals surface area contributed by atoms with E-state index in [1.807, 2.05) is 18.2 Å². The number of rotatable bonds is 4. The summed E-state index contributed by atoms with van der Waals surface area (Å²) in [7, 11) is 0. The maximum absolute atomic E-state index is 8.01. The average Bonchev–Trinajstić information content (AvgIpc) is 3.63. The Morgan fingerprint density at radius 3 is 1.38 bits per heavy atom. The number of aryl methyl sites for hydroxylation is 1. The van der Waals surface area contributed by atoms with E-state index in [1.54, 1.807) is 0 Å². The summed E-state index contributed by atoms with van der Waals surface area (Å²) in [5.41, 5.74) is 11.7. The molecule has 0 fully saturated rings. The van der Waals surface area contributed by atoms with E-state index in [2.05, 4.69) is 176 Å². The normalized spacial score (nSPS) is 11.6. The van der Waals surface area contributed by atoms with Crippen LogP contribution >= 0.6 is 0 Å². The Morgan fingerprint density at radius 2 is 0.821 bits per heavy atom. The SMILES string of the molecule is [C-]#[N+]c1ccccc1-c1c2ccccc2c(-c2ccc3[se]c4cccc(-c5c6ccccc6c(-c6ccccc6C)c6ccccc56)c4c3c2)c2ccccc12. The van der Waals surface area contributed by atoms with E-state index in [1.165, 1.54) is 90.6 Å². The molecule has 0 saturated heterocycles. The Labute approximate surface area is 331 Å². The Bertz CT molecular complexity index is 3340. The van der Waals surface area contributed by atoms with Crippen molar-refractivity contribution < 1.29 is 0 Å². The summed E-state index contributed by atoms with van der Waals surface area (Å²) in [6.07, 6.45) is 0. The van der Waals surface area contributed by atoms with Crippen LogP contribution in [0.3, 0.4) is 0 Å². The van der Waals surface area contributed by atoms with Crippen LogP contribution in [0.2, 0.25) is 0 Å². The molecule has 11 aromatic rings. The molecular formula is C54H33NSe. The van der Waals surface area contributed by atoms with Gasteiger partial charge in [0, 0.05) is 0 Å². The molecule has 0 amide bonds. The molecule has 0 saturated carbocycles. The standard InChI is InChI=1S/C54H33NSe/c1-33-16-3-4-17-35(33)51-40-22-9-11-24-42(40)53(43-25-12-10-23-41(43)51)45-27-15-29-49-54(45)46-32-34(30-31-48(46)56-49)50-36-18-5-7-20-38(36)52(39-21-8-6-19-37(39)50)44-26-13-14-28-47(44)55-2/h3-32H,1H3. The van der Waals surface area contributed by atoms with Crippen molar-refractivity contribution in [2.45, 2.75) is 6.92 Å². The molecule has 11 rings (SSSR count). The summed E-state index contributed by atoms with van der Waals surface area (Å²) >= 11 is 0.184. The van der Waals surface area contributed by atoms with Crippen molar-refractivity contribution >= 4 is 82.6 Å². The van der Waals surface area contributed by atoms with Gasteiger partial charge in [-0.3, -0.25) is 0 Å². The van der Waals surface area contributed by atoms with Crippen LogP contribution in [0.25, 0.3) is 112 Å². The van der Waals surface area contributed by atoms with Crippen LogP contribution in [0.1, 0.15) is 5.56 Å². The zero-order chi connectivity index (χ0) is 37.3. The minimum atomic E-state index is 0.184. The number of nitrogens with zero attached hydrogens (tertiary/aromatic N) is 1. The van der Waals surface area contributed by atoms with Crippen molar-refractivity contribution in [1.29, 1.82) is 0 Å². The Morgan fingerprint density at radius 1 is 0.375 bits per heavy atom. The van der Waals surface area contributed by atoms with Crippen LogP contribution in [-0.4, -0.2) is 14.5 Å². The second-order valence-electron chi connectivity index (χ2n) is 14.6. The van der Waals surface area contributed by atoms with Crippen LogP contribution in [0.5, 0.6) is 0 Å². The Hall–Kier alpha value is -6.75. The number of para-hydroxylation sites is 1. The molecule has 0 bridgehead atoms. The van der Waals surface area contributed by atoms with E-state index in [4.69, 9.17) is 6.57 Å². The number of fused-ring (bicyclic) bond motifs is 7. The van der Waals surface area contributed by atoms with E-state index in [0.29, 0.717) is 5.69 Å². The predicted octanol–water partition coefficient (Wildman–Crippen LogP) is 15.2. The molecule has 0 unspecified atom stereocenters. The molecular weight excluding hydrogens is 742 g/mol. The van der Waals surface area contributed by atoms with Gasteiger partial charge in [-0.1, -0.05) is 0 Å². The van der Waals surface area contributed by atoms with Gasteiger partial charge in [0.2, 0.25) is 0 Å². The molecule has 0 aliphatic carbocycles. The molecule has 1 nitrogen and oxygen atoms in total. The minimum absolute atomic E-state index is 0.184. The molecule has 0 spiro atoms. The van der Waals surface area contributed by atoms with Gasteiger partial charge in [0.05, 0.1) is 0 Å². The quantitative estimate of drug-likeness (QED) is 0.0953. The third-order valence-corrected chi connectivity index (χ3v) is 14.0. The van der Waals surface area contributed by atoms with Gasteiger partial charge in [-0.15, -0.1) is 0 Å². The van der Waals surface area contributed by atoms with E-state index in [-0.39, 0.29) is 14.5 Å². The van der Waals surface area contributed by atoms with Gasteiger partial charge in [-0.05, 0) is 0 Å². The van der Waals surface area contributed by atoms with E-state index < -0.39 is 0 Å². The predicted molar refractivity (Wildman–Crippen MR) is 241 cm³/mol. The molecule has 0 aliphatic rings. The van der Waals surface area contributed by atoms with Gasteiger partial charge in [-0.2, -0.15) is 0 Å². The summed E-state index contributed by atoms with van der Waals surface area (Å²) in [4.78, 5) is 3.95. The summed E-state index contributed by atoms with van der Waals surface area (Å²) < 4.78 is 2.85.